The normalized spacial score (nSPS) is 10.7. The van der Waals surface area contributed by atoms with Gasteiger partial charge in [0.2, 0.25) is 5.82 Å². The largest absolute Gasteiger partial charge is 0.504 e. The molecule has 0 saturated carbocycles. The van der Waals surface area contributed by atoms with Gasteiger partial charge in [0.25, 0.3) is 5.89 Å². The number of hydrogen-bond donors (Lipinski definition) is 3. The van der Waals surface area contributed by atoms with Gasteiger partial charge in [0.1, 0.15) is 0 Å². The van der Waals surface area contributed by atoms with Gasteiger partial charge in [-0.1, -0.05) is 21.1 Å². The number of aromatic nitrogens is 2. The van der Waals surface area contributed by atoms with Gasteiger partial charge in [0.15, 0.2) is 11.5 Å². The fourth-order valence-corrected chi connectivity index (χ4v) is 2.37. The van der Waals surface area contributed by atoms with Crippen molar-refractivity contribution in [2.75, 3.05) is 5.73 Å². The van der Waals surface area contributed by atoms with Crippen molar-refractivity contribution in [3.63, 3.8) is 0 Å². The molecule has 0 unspecified atom stereocenters. The Hall–Kier alpha value is -2.54. The molecule has 2 aromatic carbocycles. The smallest absolute Gasteiger partial charge is 0.258 e. The minimum absolute atomic E-state index is 0.206. The van der Waals surface area contributed by atoms with Crippen molar-refractivity contribution in [1.82, 2.24) is 10.1 Å². The number of phenols is 2. The maximum absolute atomic E-state index is 9.50. The lowest BCUT2D eigenvalue weighted by atomic mass is 10.2. The minimum atomic E-state index is -0.245. The summed E-state index contributed by atoms with van der Waals surface area (Å²) in [4.78, 5) is 4.26. The van der Waals surface area contributed by atoms with E-state index >= 15 is 0 Å². The summed E-state index contributed by atoms with van der Waals surface area (Å²) in [6.45, 7) is 0. The van der Waals surface area contributed by atoms with Crippen LogP contribution in [0.2, 0.25) is 0 Å². The fraction of sp³-hybridized carbons (Fsp3) is 0. The highest BCUT2D eigenvalue weighted by atomic mass is 79.9. The van der Waals surface area contributed by atoms with Crippen molar-refractivity contribution in [3.05, 3.63) is 40.9 Å². The zero-order valence-electron chi connectivity index (χ0n) is 10.6. The lowest BCUT2D eigenvalue weighted by Gasteiger charge is -1.99. The Morgan fingerprint density at radius 1 is 1.00 bits per heavy atom. The fourth-order valence-electron chi connectivity index (χ4n) is 1.86. The van der Waals surface area contributed by atoms with Crippen LogP contribution in [0.3, 0.4) is 0 Å². The van der Waals surface area contributed by atoms with Gasteiger partial charge in [-0.3, -0.25) is 0 Å². The standard InChI is InChI=1S/C14H10BrN3O3/c15-9-3-8(4-10(16)6-9)14-17-13(18-21-14)7-1-2-11(19)12(20)5-7/h1-6,19-20H,16H2. The van der Waals surface area contributed by atoms with Crippen molar-refractivity contribution < 1.29 is 14.7 Å². The Balaban J connectivity index is 2.01. The molecule has 0 aliphatic carbocycles. The Labute approximate surface area is 128 Å². The quantitative estimate of drug-likeness (QED) is 0.485. The van der Waals surface area contributed by atoms with Crippen LogP contribution in [0.5, 0.6) is 11.5 Å². The highest BCUT2D eigenvalue weighted by Crippen LogP contribution is 2.31. The second-order valence-corrected chi connectivity index (χ2v) is 5.32. The molecule has 1 heterocycles. The predicted molar refractivity (Wildman–Crippen MR) is 80.6 cm³/mol. The number of rotatable bonds is 2. The van der Waals surface area contributed by atoms with Crippen molar-refractivity contribution >= 4 is 21.6 Å². The number of aromatic hydroxyl groups is 2. The van der Waals surface area contributed by atoms with Crippen molar-refractivity contribution in [3.8, 4) is 34.3 Å². The first-order valence-electron chi connectivity index (χ1n) is 5.95. The van der Waals surface area contributed by atoms with E-state index in [2.05, 4.69) is 26.1 Å². The van der Waals surface area contributed by atoms with Crippen LogP contribution < -0.4 is 5.73 Å². The van der Waals surface area contributed by atoms with E-state index in [-0.39, 0.29) is 11.5 Å². The topological polar surface area (TPSA) is 105 Å². The SMILES string of the molecule is Nc1cc(Br)cc(-c2nc(-c3ccc(O)c(O)c3)no2)c1. The van der Waals surface area contributed by atoms with Crippen molar-refractivity contribution in [1.29, 1.82) is 0 Å². The molecule has 0 aliphatic rings. The van der Waals surface area contributed by atoms with Gasteiger partial charge in [-0.05, 0) is 36.4 Å². The molecule has 7 heteroatoms. The van der Waals surface area contributed by atoms with Crippen LogP contribution >= 0.6 is 15.9 Å². The molecule has 21 heavy (non-hydrogen) atoms. The first-order valence-corrected chi connectivity index (χ1v) is 6.75. The number of hydrogen-bond acceptors (Lipinski definition) is 6. The Bertz CT molecular complexity index is 797. The second kappa shape index (κ2) is 5.10. The number of halogens is 1. The van der Waals surface area contributed by atoms with Crippen LogP contribution in [-0.4, -0.2) is 20.4 Å². The predicted octanol–water partition coefficient (Wildman–Crippen LogP) is 3.16. The molecule has 0 aliphatic heterocycles. The summed E-state index contributed by atoms with van der Waals surface area (Å²) in [5, 5.41) is 22.7. The van der Waals surface area contributed by atoms with Crippen molar-refractivity contribution in [2.45, 2.75) is 0 Å². The number of benzene rings is 2. The van der Waals surface area contributed by atoms with E-state index in [4.69, 9.17) is 10.3 Å². The minimum Gasteiger partial charge on any atom is -0.504 e. The van der Waals surface area contributed by atoms with Gasteiger partial charge in [-0.25, -0.2) is 0 Å². The molecule has 0 atom stereocenters. The molecular formula is C14H10BrN3O3. The van der Waals surface area contributed by atoms with E-state index in [0.29, 0.717) is 28.5 Å². The van der Waals surface area contributed by atoms with Gasteiger partial charge >= 0.3 is 0 Å². The molecule has 0 amide bonds. The molecule has 3 rings (SSSR count). The maximum Gasteiger partial charge on any atom is 0.258 e. The number of phenolic OH excluding ortho intramolecular Hbond substituents is 2. The van der Waals surface area contributed by atoms with Gasteiger partial charge in [-0.2, -0.15) is 4.98 Å². The van der Waals surface area contributed by atoms with Gasteiger partial charge in [-0.15, -0.1) is 0 Å². The summed E-state index contributed by atoms with van der Waals surface area (Å²) in [6.07, 6.45) is 0. The number of anilines is 1. The first-order chi connectivity index (χ1) is 10.0. The second-order valence-electron chi connectivity index (χ2n) is 4.40. The average molecular weight is 348 g/mol. The Morgan fingerprint density at radius 3 is 2.52 bits per heavy atom. The van der Waals surface area contributed by atoms with Crippen LogP contribution in [0.25, 0.3) is 22.8 Å². The zero-order valence-corrected chi connectivity index (χ0v) is 12.2. The van der Waals surface area contributed by atoms with E-state index in [0.717, 1.165) is 4.47 Å². The number of nitrogen functional groups attached to an aromatic ring is 1. The third-order valence-electron chi connectivity index (χ3n) is 2.83. The average Bonchev–Trinajstić information content (AvgIpc) is 2.90. The molecule has 1 aromatic heterocycles. The summed E-state index contributed by atoms with van der Waals surface area (Å²) in [7, 11) is 0. The van der Waals surface area contributed by atoms with Crippen molar-refractivity contribution in [2.24, 2.45) is 0 Å². The summed E-state index contributed by atoms with van der Waals surface area (Å²) < 4.78 is 6.01. The molecule has 0 fully saturated rings. The number of nitrogens with two attached hydrogens (primary N) is 1. The summed E-state index contributed by atoms with van der Waals surface area (Å²) in [5.74, 6) is 0.164. The molecule has 6 nitrogen and oxygen atoms in total. The first kappa shape index (κ1) is 13.4. The molecule has 0 radical (unpaired) electrons. The van der Waals surface area contributed by atoms with Gasteiger partial charge in [0, 0.05) is 21.3 Å². The molecule has 0 spiro atoms. The third-order valence-corrected chi connectivity index (χ3v) is 3.28. The van der Waals surface area contributed by atoms with E-state index in [1.54, 1.807) is 18.2 Å². The van der Waals surface area contributed by atoms with Gasteiger partial charge < -0.3 is 20.5 Å². The molecule has 4 N–H and O–H groups in total. The van der Waals surface area contributed by atoms with Crippen LogP contribution in [-0.2, 0) is 0 Å². The maximum atomic E-state index is 9.50. The van der Waals surface area contributed by atoms with Crippen LogP contribution in [0, 0.1) is 0 Å². The molecular weight excluding hydrogens is 338 g/mol. The molecule has 106 valence electrons. The summed E-state index contributed by atoms with van der Waals surface area (Å²) >= 11 is 3.35. The van der Waals surface area contributed by atoms with E-state index in [1.807, 2.05) is 6.07 Å². The van der Waals surface area contributed by atoms with Crippen LogP contribution in [0.15, 0.2) is 45.4 Å². The monoisotopic (exact) mass is 347 g/mol. The molecule has 3 aromatic rings. The van der Waals surface area contributed by atoms with Gasteiger partial charge in [0.05, 0.1) is 0 Å². The summed E-state index contributed by atoms with van der Waals surface area (Å²) in [6, 6.07) is 9.59. The number of nitrogens with zero attached hydrogens (tertiary/aromatic N) is 2. The van der Waals surface area contributed by atoms with Crippen LogP contribution in [0.4, 0.5) is 5.69 Å². The Morgan fingerprint density at radius 2 is 1.81 bits per heavy atom. The van der Waals surface area contributed by atoms with Crippen LogP contribution in [0.1, 0.15) is 0 Å². The highest BCUT2D eigenvalue weighted by molar-refractivity contribution is 9.10. The zero-order chi connectivity index (χ0) is 15.0. The third kappa shape index (κ3) is 2.68. The molecule has 0 saturated heterocycles. The summed E-state index contributed by atoms with van der Waals surface area (Å²) in [5.41, 5.74) is 7.56. The molecule has 0 bridgehead atoms. The Kier molecular flexibility index (Phi) is 3.26. The highest BCUT2D eigenvalue weighted by Gasteiger charge is 2.13. The van der Waals surface area contributed by atoms with E-state index in [9.17, 15) is 10.2 Å². The van der Waals surface area contributed by atoms with E-state index in [1.165, 1.54) is 12.1 Å². The van der Waals surface area contributed by atoms with E-state index < -0.39 is 0 Å². The lowest BCUT2D eigenvalue weighted by Crippen LogP contribution is -1.86. The lowest BCUT2D eigenvalue weighted by molar-refractivity contribution is 0.404.